The van der Waals surface area contributed by atoms with Crippen LogP contribution in [0.2, 0.25) is 0 Å². The van der Waals surface area contributed by atoms with Crippen LogP contribution in [0.3, 0.4) is 0 Å². The molecule has 2 N–H and O–H groups in total. The monoisotopic (exact) mass is 244 g/mol. The lowest BCUT2D eigenvalue weighted by molar-refractivity contribution is -0.141. The SMILES string of the molecule is CCCC(CC)NC(=O)N(C)CC(C)C(=O)O. The number of aliphatic carboxylic acids is 1. The van der Waals surface area contributed by atoms with E-state index < -0.39 is 11.9 Å². The number of hydrogen-bond acceptors (Lipinski definition) is 2. The molecular formula is C12H24N2O3. The molecule has 0 saturated heterocycles. The van der Waals surface area contributed by atoms with E-state index in [1.807, 2.05) is 6.92 Å². The van der Waals surface area contributed by atoms with Gasteiger partial charge in [0, 0.05) is 19.6 Å². The summed E-state index contributed by atoms with van der Waals surface area (Å²) in [6.07, 6.45) is 2.86. The van der Waals surface area contributed by atoms with Crippen LogP contribution in [0.4, 0.5) is 4.79 Å². The Labute approximate surface area is 103 Å². The molecule has 0 spiro atoms. The van der Waals surface area contributed by atoms with Crippen molar-refractivity contribution in [1.82, 2.24) is 10.2 Å². The highest BCUT2D eigenvalue weighted by molar-refractivity contribution is 5.75. The Morgan fingerprint density at radius 2 is 1.94 bits per heavy atom. The molecule has 0 aliphatic carbocycles. The number of carbonyl (C=O) groups excluding carboxylic acids is 1. The van der Waals surface area contributed by atoms with Gasteiger partial charge in [0.25, 0.3) is 0 Å². The molecular weight excluding hydrogens is 220 g/mol. The van der Waals surface area contributed by atoms with Crippen LogP contribution in [0.25, 0.3) is 0 Å². The van der Waals surface area contributed by atoms with Crippen molar-refractivity contribution in [2.24, 2.45) is 5.92 Å². The van der Waals surface area contributed by atoms with Crippen molar-refractivity contribution in [3.05, 3.63) is 0 Å². The van der Waals surface area contributed by atoms with Crippen molar-refractivity contribution < 1.29 is 14.7 Å². The number of hydrogen-bond donors (Lipinski definition) is 2. The van der Waals surface area contributed by atoms with Crippen LogP contribution in [-0.2, 0) is 4.79 Å². The van der Waals surface area contributed by atoms with Crippen LogP contribution < -0.4 is 5.32 Å². The number of carbonyl (C=O) groups is 2. The molecule has 0 aromatic rings. The summed E-state index contributed by atoms with van der Waals surface area (Å²) in [7, 11) is 1.62. The van der Waals surface area contributed by atoms with E-state index in [4.69, 9.17) is 5.11 Å². The first-order valence-corrected chi connectivity index (χ1v) is 6.16. The van der Waals surface area contributed by atoms with Gasteiger partial charge in [0.2, 0.25) is 0 Å². The molecule has 2 amide bonds. The first-order chi connectivity index (χ1) is 7.92. The zero-order valence-corrected chi connectivity index (χ0v) is 11.2. The van der Waals surface area contributed by atoms with Crippen molar-refractivity contribution in [3.8, 4) is 0 Å². The van der Waals surface area contributed by atoms with Crippen LogP contribution in [0.5, 0.6) is 0 Å². The largest absolute Gasteiger partial charge is 0.481 e. The highest BCUT2D eigenvalue weighted by Crippen LogP contribution is 2.03. The fraction of sp³-hybridized carbons (Fsp3) is 0.833. The normalized spacial score (nSPS) is 13.9. The zero-order chi connectivity index (χ0) is 13.4. The third kappa shape index (κ3) is 6.14. The molecule has 0 fully saturated rings. The first kappa shape index (κ1) is 15.7. The molecule has 17 heavy (non-hydrogen) atoms. The second-order valence-electron chi connectivity index (χ2n) is 4.46. The molecule has 2 atom stereocenters. The predicted octanol–water partition coefficient (Wildman–Crippen LogP) is 1.93. The summed E-state index contributed by atoms with van der Waals surface area (Å²) in [4.78, 5) is 23.9. The smallest absolute Gasteiger partial charge is 0.317 e. The number of carboxylic acids is 1. The molecule has 0 aliphatic rings. The summed E-state index contributed by atoms with van der Waals surface area (Å²) in [6, 6.07) is -0.0199. The van der Waals surface area contributed by atoms with E-state index in [1.165, 1.54) is 4.90 Å². The van der Waals surface area contributed by atoms with E-state index in [1.54, 1.807) is 14.0 Å². The van der Waals surface area contributed by atoms with E-state index >= 15 is 0 Å². The van der Waals surface area contributed by atoms with E-state index in [9.17, 15) is 9.59 Å². The second-order valence-corrected chi connectivity index (χ2v) is 4.46. The summed E-state index contributed by atoms with van der Waals surface area (Å²) in [5.74, 6) is -1.43. The molecule has 0 aromatic carbocycles. The van der Waals surface area contributed by atoms with Crippen molar-refractivity contribution >= 4 is 12.0 Å². The molecule has 0 aromatic heterocycles. The van der Waals surface area contributed by atoms with Gasteiger partial charge < -0.3 is 15.3 Å². The minimum Gasteiger partial charge on any atom is -0.481 e. The lowest BCUT2D eigenvalue weighted by Gasteiger charge is -2.23. The van der Waals surface area contributed by atoms with Gasteiger partial charge in [0.05, 0.1) is 5.92 Å². The molecule has 100 valence electrons. The summed E-state index contributed by atoms with van der Waals surface area (Å²) in [5, 5.41) is 11.7. The van der Waals surface area contributed by atoms with Gasteiger partial charge in [0.15, 0.2) is 0 Å². The maximum atomic E-state index is 11.8. The standard InChI is InChI=1S/C12H24N2O3/c1-5-7-10(6-2)13-12(17)14(4)8-9(3)11(15)16/h9-10H,5-8H2,1-4H3,(H,13,17)(H,15,16). The van der Waals surface area contributed by atoms with Crippen molar-refractivity contribution in [2.45, 2.75) is 46.1 Å². The summed E-state index contributed by atoms with van der Waals surface area (Å²) >= 11 is 0. The number of urea groups is 1. The number of carboxylic acid groups (broad SMARTS) is 1. The summed E-state index contributed by atoms with van der Waals surface area (Å²) < 4.78 is 0. The van der Waals surface area contributed by atoms with Gasteiger partial charge in [0.1, 0.15) is 0 Å². The van der Waals surface area contributed by atoms with Crippen LogP contribution >= 0.6 is 0 Å². The van der Waals surface area contributed by atoms with Gasteiger partial charge in [-0.15, -0.1) is 0 Å². The number of nitrogens with zero attached hydrogens (tertiary/aromatic N) is 1. The molecule has 5 heteroatoms. The molecule has 5 nitrogen and oxygen atoms in total. The minimum absolute atomic E-state index is 0.176. The van der Waals surface area contributed by atoms with E-state index in [2.05, 4.69) is 12.2 Å². The third-order valence-corrected chi connectivity index (χ3v) is 2.77. The third-order valence-electron chi connectivity index (χ3n) is 2.77. The van der Waals surface area contributed by atoms with Crippen LogP contribution in [0, 0.1) is 5.92 Å². The fourth-order valence-electron chi connectivity index (χ4n) is 1.58. The second kappa shape index (κ2) is 7.92. The molecule has 0 heterocycles. The quantitative estimate of drug-likeness (QED) is 0.719. The van der Waals surface area contributed by atoms with E-state index in [0.29, 0.717) is 0 Å². The van der Waals surface area contributed by atoms with Crippen LogP contribution in [-0.4, -0.2) is 41.6 Å². The molecule has 0 radical (unpaired) electrons. The van der Waals surface area contributed by atoms with Gasteiger partial charge in [-0.05, 0) is 12.8 Å². The Morgan fingerprint density at radius 3 is 2.35 bits per heavy atom. The number of rotatable bonds is 7. The van der Waals surface area contributed by atoms with Gasteiger partial charge in [-0.2, -0.15) is 0 Å². The van der Waals surface area contributed by atoms with E-state index in [-0.39, 0.29) is 18.6 Å². The number of nitrogens with one attached hydrogen (secondary N) is 1. The van der Waals surface area contributed by atoms with Gasteiger partial charge in [-0.25, -0.2) is 4.79 Å². The lowest BCUT2D eigenvalue weighted by atomic mass is 10.1. The lowest BCUT2D eigenvalue weighted by Crippen LogP contribution is -2.45. The summed E-state index contributed by atoms with van der Waals surface area (Å²) in [5.41, 5.74) is 0. The Morgan fingerprint density at radius 1 is 1.35 bits per heavy atom. The summed E-state index contributed by atoms with van der Waals surface area (Å²) in [6.45, 7) is 5.92. The Kier molecular flexibility index (Phi) is 7.34. The average molecular weight is 244 g/mol. The predicted molar refractivity (Wildman–Crippen MR) is 66.9 cm³/mol. The van der Waals surface area contributed by atoms with Gasteiger partial charge in [-0.3, -0.25) is 4.79 Å². The average Bonchev–Trinajstić information content (AvgIpc) is 2.27. The molecule has 2 unspecified atom stereocenters. The Balaban J connectivity index is 4.16. The Hall–Kier alpha value is -1.26. The fourth-order valence-corrected chi connectivity index (χ4v) is 1.58. The molecule has 0 bridgehead atoms. The van der Waals surface area contributed by atoms with Crippen LogP contribution in [0.1, 0.15) is 40.0 Å². The van der Waals surface area contributed by atoms with Crippen molar-refractivity contribution in [3.63, 3.8) is 0 Å². The molecule has 0 aliphatic heterocycles. The van der Waals surface area contributed by atoms with Gasteiger partial charge in [-0.1, -0.05) is 27.2 Å². The highest BCUT2D eigenvalue weighted by Gasteiger charge is 2.18. The van der Waals surface area contributed by atoms with Crippen molar-refractivity contribution in [1.29, 1.82) is 0 Å². The zero-order valence-electron chi connectivity index (χ0n) is 11.2. The molecule has 0 rings (SSSR count). The Bertz CT molecular complexity index is 256. The highest BCUT2D eigenvalue weighted by atomic mass is 16.4. The minimum atomic E-state index is -0.884. The first-order valence-electron chi connectivity index (χ1n) is 6.16. The van der Waals surface area contributed by atoms with Crippen molar-refractivity contribution in [2.75, 3.05) is 13.6 Å². The number of amides is 2. The maximum absolute atomic E-state index is 11.8. The van der Waals surface area contributed by atoms with Gasteiger partial charge >= 0.3 is 12.0 Å². The van der Waals surface area contributed by atoms with Crippen LogP contribution in [0.15, 0.2) is 0 Å². The topological polar surface area (TPSA) is 69.6 Å². The maximum Gasteiger partial charge on any atom is 0.317 e. The molecule has 0 saturated carbocycles. The van der Waals surface area contributed by atoms with E-state index in [0.717, 1.165) is 19.3 Å².